The molecule has 100 valence electrons. The van der Waals surface area contributed by atoms with Crippen molar-refractivity contribution in [1.82, 2.24) is 10.2 Å². The number of nitrogens with zero attached hydrogens (tertiary/aromatic N) is 1. The smallest absolute Gasteiger partial charge is 0.0620 e. The van der Waals surface area contributed by atoms with Crippen LogP contribution in [-0.2, 0) is 4.74 Å². The van der Waals surface area contributed by atoms with Crippen LogP contribution in [0.4, 0.5) is 0 Å². The van der Waals surface area contributed by atoms with Crippen LogP contribution in [0.2, 0.25) is 0 Å². The molecule has 1 N–H and O–H groups in total. The van der Waals surface area contributed by atoms with Crippen LogP contribution in [-0.4, -0.2) is 49.8 Å². The van der Waals surface area contributed by atoms with Gasteiger partial charge in [0.2, 0.25) is 0 Å². The van der Waals surface area contributed by atoms with Crippen molar-refractivity contribution in [3.8, 4) is 0 Å². The van der Waals surface area contributed by atoms with Crippen molar-refractivity contribution >= 4 is 0 Å². The van der Waals surface area contributed by atoms with Gasteiger partial charge in [-0.2, -0.15) is 0 Å². The van der Waals surface area contributed by atoms with E-state index >= 15 is 0 Å². The Hall–Kier alpha value is -0.120. The van der Waals surface area contributed by atoms with Crippen LogP contribution in [0.3, 0.4) is 0 Å². The Labute approximate surface area is 106 Å². The Bertz CT molecular complexity index is 228. The fourth-order valence-electron chi connectivity index (χ4n) is 3.25. The summed E-state index contributed by atoms with van der Waals surface area (Å²) in [5.74, 6) is 1.70. The topological polar surface area (TPSA) is 24.5 Å². The van der Waals surface area contributed by atoms with Crippen LogP contribution in [0, 0.1) is 11.8 Å². The molecule has 0 aromatic heterocycles. The highest BCUT2D eigenvalue weighted by atomic mass is 16.5. The summed E-state index contributed by atoms with van der Waals surface area (Å²) in [6.07, 6.45) is 2.62. The molecular formula is C14H28N2O. The van der Waals surface area contributed by atoms with Crippen molar-refractivity contribution in [2.45, 2.75) is 45.7 Å². The summed E-state index contributed by atoms with van der Waals surface area (Å²) < 4.78 is 5.51. The van der Waals surface area contributed by atoms with E-state index in [1.54, 1.807) is 0 Å². The molecule has 4 atom stereocenters. The van der Waals surface area contributed by atoms with E-state index in [1.165, 1.54) is 25.9 Å². The van der Waals surface area contributed by atoms with Crippen LogP contribution < -0.4 is 5.32 Å². The van der Waals surface area contributed by atoms with Gasteiger partial charge >= 0.3 is 0 Å². The lowest BCUT2D eigenvalue weighted by Crippen LogP contribution is -2.49. The van der Waals surface area contributed by atoms with Crippen molar-refractivity contribution in [3.05, 3.63) is 0 Å². The zero-order valence-electron chi connectivity index (χ0n) is 11.6. The summed E-state index contributed by atoms with van der Waals surface area (Å²) in [6.45, 7) is 12.5. The van der Waals surface area contributed by atoms with Crippen LogP contribution in [0.15, 0.2) is 0 Å². The highest BCUT2D eigenvalue weighted by Crippen LogP contribution is 2.26. The number of piperidine rings is 1. The first-order chi connectivity index (χ1) is 8.16. The third kappa shape index (κ3) is 3.67. The molecule has 0 amide bonds. The van der Waals surface area contributed by atoms with Crippen molar-refractivity contribution in [1.29, 1.82) is 0 Å². The number of hydrogen-bond acceptors (Lipinski definition) is 3. The molecule has 2 saturated heterocycles. The van der Waals surface area contributed by atoms with E-state index in [0.29, 0.717) is 6.04 Å². The lowest BCUT2D eigenvalue weighted by Gasteiger charge is -2.41. The lowest BCUT2D eigenvalue weighted by molar-refractivity contribution is 0.0495. The summed E-state index contributed by atoms with van der Waals surface area (Å²) in [7, 11) is 0. The second-order valence-corrected chi connectivity index (χ2v) is 6.07. The molecule has 0 aromatic rings. The highest BCUT2D eigenvalue weighted by molar-refractivity contribution is 4.83. The van der Waals surface area contributed by atoms with E-state index < -0.39 is 0 Å². The normalized spacial score (nSPS) is 40.4. The molecule has 2 heterocycles. The van der Waals surface area contributed by atoms with Gasteiger partial charge in [0.25, 0.3) is 0 Å². The predicted octanol–water partition coefficient (Wildman–Crippen LogP) is 1.73. The van der Waals surface area contributed by atoms with Gasteiger partial charge < -0.3 is 15.0 Å². The van der Waals surface area contributed by atoms with E-state index in [-0.39, 0.29) is 0 Å². The van der Waals surface area contributed by atoms with Gasteiger partial charge in [0.05, 0.1) is 13.2 Å². The van der Waals surface area contributed by atoms with Crippen LogP contribution >= 0.6 is 0 Å². The quantitative estimate of drug-likeness (QED) is 0.813. The standard InChI is InChI=1S/C14H28N2O/c1-11-8-12(2)13(3)16(9-11)6-4-14-10-17-7-5-15-14/h11-15H,4-10H2,1-3H3. The van der Waals surface area contributed by atoms with Gasteiger partial charge in [0.15, 0.2) is 0 Å². The van der Waals surface area contributed by atoms with E-state index in [2.05, 4.69) is 31.0 Å². The molecule has 0 saturated carbocycles. The molecule has 0 bridgehead atoms. The molecule has 0 aromatic carbocycles. The maximum Gasteiger partial charge on any atom is 0.0620 e. The van der Waals surface area contributed by atoms with Gasteiger partial charge in [-0.1, -0.05) is 13.8 Å². The second kappa shape index (κ2) is 6.17. The third-order valence-corrected chi connectivity index (χ3v) is 4.48. The largest absolute Gasteiger partial charge is 0.379 e. The van der Waals surface area contributed by atoms with Crippen LogP contribution in [0.5, 0.6) is 0 Å². The number of morpholine rings is 1. The van der Waals surface area contributed by atoms with Gasteiger partial charge in [0, 0.05) is 31.7 Å². The zero-order chi connectivity index (χ0) is 12.3. The summed E-state index contributed by atoms with van der Waals surface area (Å²) >= 11 is 0. The maximum atomic E-state index is 5.51. The first kappa shape index (κ1) is 13.3. The fourth-order valence-corrected chi connectivity index (χ4v) is 3.25. The number of nitrogens with one attached hydrogen (secondary N) is 1. The molecule has 3 heteroatoms. The van der Waals surface area contributed by atoms with Crippen molar-refractivity contribution in [3.63, 3.8) is 0 Å². The first-order valence-corrected chi connectivity index (χ1v) is 7.22. The van der Waals surface area contributed by atoms with Crippen molar-refractivity contribution in [2.24, 2.45) is 11.8 Å². The lowest BCUT2D eigenvalue weighted by atomic mass is 9.86. The first-order valence-electron chi connectivity index (χ1n) is 7.22. The number of hydrogen-bond donors (Lipinski definition) is 1. The Kier molecular flexibility index (Phi) is 4.83. The molecule has 17 heavy (non-hydrogen) atoms. The average Bonchev–Trinajstić information content (AvgIpc) is 2.33. The summed E-state index contributed by atoms with van der Waals surface area (Å²) in [6, 6.07) is 1.32. The van der Waals surface area contributed by atoms with E-state index in [9.17, 15) is 0 Å². The predicted molar refractivity (Wildman–Crippen MR) is 71.2 cm³/mol. The Balaban J connectivity index is 1.76. The molecule has 3 nitrogen and oxygen atoms in total. The summed E-state index contributed by atoms with van der Waals surface area (Å²) in [4.78, 5) is 2.68. The van der Waals surface area contributed by atoms with Gasteiger partial charge in [0.1, 0.15) is 0 Å². The maximum absolute atomic E-state index is 5.51. The summed E-state index contributed by atoms with van der Waals surface area (Å²) in [5, 5.41) is 3.54. The van der Waals surface area contributed by atoms with E-state index in [0.717, 1.165) is 37.6 Å². The molecule has 2 aliphatic rings. The van der Waals surface area contributed by atoms with E-state index in [4.69, 9.17) is 4.74 Å². The Morgan fingerprint density at radius 3 is 2.82 bits per heavy atom. The highest BCUT2D eigenvalue weighted by Gasteiger charge is 2.28. The van der Waals surface area contributed by atoms with Gasteiger partial charge in [-0.15, -0.1) is 0 Å². The Morgan fingerprint density at radius 1 is 1.29 bits per heavy atom. The minimum absolute atomic E-state index is 0.573. The third-order valence-electron chi connectivity index (χ3n) is 4.48. The molecule has 0 radical (unpaired) electrons. The SMILES string of the molecule is CC1CC(C)C(C)N(CCC2COCCN2)C1. The molecule has 2 rings (SSSR count). The van der Waals surface area contributed by atoms with Gasteiger partial charge in [-0.25, -0.2) is 0 Å². The molecule has 4 unspecified atom stereocenters. The van der Waals surface area contributed by atoms with E-state index in [1.807, 2.05) is 0 Å². The Morgan fingerprint density at radius 2 is 2.12 bits per heavy atom. The molecule has 2 aliphatic heterocycles. The minimum Gasteiger partial charge on any atom is -0.379 e. The fraction of sp³-hybridized carbons (Fsp3) is 1.00. The monoisotopic (exact) mass is 240 g/mol. The van der Waals surface area contributed by atoms with Gasteiger partial charge in [-0.05, 0) is 31.6 Å². The molecule has 0 aliphatic carbocycles. The molecule has 2 fully saturated rings. The number of rotatable bonds is 3. The average molecular weight is 240 g/mol. The second-order valence-electron chi connectivity index (χ2n) is 6.07. The minimum atomic E-state index is 0.573. The number of likely N-dealkylation sites (tertiary alicyclic amines) is 1. The van der Waals surface area contributed by atoms with Crippen molar-refractivity contribution < 1.29 is 4.74 Å². The molecule has 0 spiro atoms. The van der Waals surface area contributed by atoms with Crippen LogP contribution in [0.25, 0.3) is 0 Å². The van der Waals surface area contributed by atoms with Gasteiger partial charge in [-0.3, -0.25) is 0 Å². The number of ether oxygens (including phenoxy) is 1. The summed E-state index contributed by atoms with van der Waals surface area (Å²) in [5.41, 5.74) is 0. The van der Waals surface area contributed by atoms with Crippen molar-refractivity contribution in [2.75, 3.05) is 32.8 Å². The zero-order valence-corrected chi connectivity index (χ0v) is 11.6. The molecular weight excluding hydrogens is 212 g/mol. The van der Waals surface area contributed by atoms with Crippen LogP contribution in [0.1, 0.15) is 33.6 Å².